The fraction of sp³-hybridized carbons (Fsp3) is 0.269. The maximum atomic E-state index is 13.5. The largest absolute Gasteiger partial charge is 0.493 e. The Balaban J connectivity index is 2.05. The number of hydrogen-bond donors (Lipinski definition) is 1. The van der Waals surface area contributed by atoms with Gasteiger partial charge in [0.25, 0.3) is 5.91 Å². The van der Waals surface area contributed by atoms with Gasteiger partial charge in [0.2, 0.25) is 10.0 Å². The van der Waals surface area contributed by atoms with Crippen LogP contribution in [0.2, 0.25) is 5.02 Å². The third kappa shape index (κ3) is 6.66. The first-order valence-corrected chi connectivity index (χ1v) is 14.5. The van der Waals surface area contributed by atoms with Gasteiger partial charge in [-0.15, -0.1) is 11.8 Å². The van der Waals surface area contributed by atoms with E-state index in [1.165, 1.54) is 30.7 Å². The third-order valence-corrected chi connectivity index (χ3v) is 7.74. The van der Waals surface area contributed by atoms with Crippen molar-refractivity contribution in [2.45, 2.75) is 24.4 Å². The summed E-state index contributed by atoms with van der Waals surface area (Å²) >= 11 is 7.63. The number of nitrogens with one attached hydrogen (secondary N) is 1. The fourth-order valence-electron chi connectivity index (χ4n) is 3.64. The first-order chi connectivity index (χ1) is 17.1. The van der Waals surface area contributed by atoms with Gasteiger partial charge in [0.1, 0.15) is 0 Å². The standard InChI is InChI=1S/C26H29ClN2O5S2/c1-17(19-8-12-21(35-4)13-9-19)28-26(30)22-14-24(33-2)25(34-3)15-23(22)29(36(5,31)32)16-18-6-10-20(27)11-7-18/h6-15,17H,16H2,1-5H3,(H,28,30)/t17-/m0/s1. The molecule has 0 saturated carbocycles. The molecule has 0 heterocycles. The number of benzene rings is 3. The van der Waals surface area contributed by atoms with Crippen molar-refractivity contribution in [3.8, 4) is 11.5 Å². The molecular weight excluding hydrogens is 520 g/mol. The van der Waals surface area contributed by atoms with E-state index in [2.05, 4.69) is 5.32 Å². The Bertz CT molecular complexity index is 1310. The second-order valence-corrected chi connectivity index (χ2v) is 11.3. The molecule has 1 N–H and O–H groups in total. The van der Waals surface area contributed by atoms with Crippen molar-refractivity contribution in [3.05, 3.63) is 82.4 Å². The molecule has 0 aliphatic carbocycles. The molecule has 0 aromatic heterocycles. The van der Waals surface area contributed by atoms with E-state index in [4.69, 9.17) is 21.1 Å². The number of thioether (sulfide) groups is 1. The SMILES string of the molecule is COc1cc(C(=O)N[C@@H](C)c2ccc(SC)cc2)c(N(Cc2ccc(Cl)cc2)S(C)(=O)=O)cc1OC. The summed E-state index contributed by atoms with van der Waals surface area (Å²) in [5, 5.41) is 3.51. The van der Waals surface area contributed by atoms with Gasteiger partial charge in [0.15, 0.2) is 11.5 Å². The minimum Gasteiger partial charge on any atom is -0.493 e. The maximum absolute atomic E-state index is 13.5. The zero-order valence-corrected chi connectivity index (χ0v) is 23.1. The fourth-order valence-corrected chi connectivity index (χ4v) is 5.07. The second-order valence-electron chi connectivity index (χ2n) is 8.09. The average Bonchev–Trinajstić information content (AvgIpc) is 2.86. The Morgan fingerprint density at radius 1 is 1.03 bits per heavy atom. The molecular formula is C26H29ClN2O5S2. The van der Waals surface area contributed by atoms with Gasteiger partial charge in [-0.3, -0.25) is 9.10 Å². The number of carbonyl (C=O) groups is 1. The van der Waals surface area contributed by atoms with E-state index in [1.807, 2.05) is 37.4 Å². The van der Waals surface area contributed by atoms with Crippen molar-refractivity contribution < 1.29 is 22.7 Å². The van der Waals surface area contributed by atoms with E-state index >= 15 is 0 Å². The molecule has 0 bridgehead atoms. The number of rotatable bonds is 10. The number of amides is 1. The highest BCUT2D eigenvalue weighted by Crippen LogP contribution is 2.37. The van der Waals surface area contributed by atoms with Crippen LogP contribution in [-0.4, -0.2) is 41.1 Å². The van der Waals surface area contributed by atoms with Crippen LogP contribution >= 0.6 is 23.4 Å². The average molecular weight is 549 g/mol. The summed E-state index contributed by atoms with van der Waals surface area (Å²) < 4.78 is 37.9. The van der Waals surface area contributed by atoms with Crippen molar-refractivity contribution in [3.63, 3.8) is 0 Å². The Morgan fingerprint density at radius 2 is 1.61 bits per heavy atom. The van der Waals surface area contributed by atoms with Crippen LogP contribution in [0.25, 0.3) is 0 Å². The van der Waals surface area contributed by atoms with Gasteiger partial charge in [-0.1, -0.05) is 35.9 Å². The molecule has 0 aliphatic rings. The Hall–Kier alpha value is -2.88. The van der Waals surface area contributed by atoms with Crippen LogP contribution in [-0.2, 0) is 16.6 Å². The van der Waals surface area contributed by atoms with E-state index in [9.17, 15) is 13.2 Å². The minimum atomic E-state index is -3.79. The van der Waals surface area contributed by atoms with E-state index in [0.29, 0.717) is 22.1 Å². The number of methoxy groups -OCH3 is 2. The molecule has 3 rings (SSSR count). The van der Waals surface area contributed by atoms with E-state index in [-0.39, 0.29) is 23.8 Å². The van der Waals surface area contributed by atoms with Gasteiger partial charge in [-0.25, -0.2) is 8.42 Å². The second kappa shape index (κ2) is 11.9. The summed E-state index contributed by atoms with van der Waals surface area (Å²) in [6, 6.07) is 17.4. The summed E-state index contributed by atoms with van der Waals surface area (Å²) in [5.41, 5.74) is 1.93. The predicted octanol–water partition coefficient (Wildman–Crippen LogP) is 5.54. The minimum absolute atomic E-state index is 0.00251. The smallest absolute Gasteiger partial charge is 0.254 e. The van der Waals surface area contributed by atoms with Gasteiger partial charge in [0.05, 0.1) is 44.3 Å². The molecule has 0 saturated heterocycles. The topological polar surface area (TPSA) is 84.9 Å². The zero-order chi connectivity index (χ0) is 26.5. The molecule has 1 atom stereocenters. The summed E-state index contributed by atoms with van der Waals surface area (Å²) in [4.78, 5) is 14.6. The molecule has 3 aromatic carbocycles. The van der Waals surface area contributed by atoms with Crippen molar-refractivity contribution >= 4 is 45.0 Å². The Kier molecular flexibility index (Phi) is 9.16. The van der Waals surface area contributed by atoms with Gasteiger partial charge in [-0.2, -0.15) is 0 Å². The third-order valence-electron chi connectivity index (χ3n) is 5.62. The normalized spacial score (nSPS) is 12.1. The molecule has 36 heavy (non-hydrogen) atoms. The molecule has 7 nitrogen and oxygen atoms in total. The Morgan fingerprint density at radius 3 is 2.14 bits per heavy atom. The first-order valence-electron chi connectivity index (χ1n) is 11.0. The molecule has 0 aliphatic heterocycles. The molecule has 0 unspecified atom stereocenters. The highest BCUT2D eigenvalue weighted by Gasteiger charge is 2.27. The highest BCUT2D eigenvalue weighted by molar-refractivity contribution is 7.98. The number of ether oxygens (including phenoxy) is 2. The number of nitrogens with zero attached hydrogens (tertiary/aromatic N) is 1. The number of halogens is 1. The van der Waals surface area contributed by atoms with Crippen LogP contribution in [0.4, 0.5) is 5.69 Å². The van der Waals surface area contributed by atoms with Crippen LogP contribution in [0.15, 0.2) is 65.6 Å². The van der Waals surface area contributed by atoms with Gasteiger partial charge in [0, 0.05) is 16.0 Å². The molecule has 0 fully saturated rings. The first kappa shape index (κ1) is 27.7. The monoisotopic (exact) mass is 548 g/mol. The summed E-state index contributed by atoms with van der Waals surface area (Å²) in [7, 11) is -0.888. The molecule has 3 aromatic rings. The quantitative estimate of drug-likeness (QED) is 0.335. The predicted molar refractivity (Wildman–Crippen MR) is 146 cm³/mol. The maximum Gasteiger partial charge on any atom is 0.254 e. The lowest BCUT2D eigenvalue weighted by Crippen LogP contribution is -2.33. The zero-order valence-electron chi connectivity index (χ0n) is 20.7. The van der Waals surface area contributed by atoms with E-state index < -0.39 is 15.9 Å². The number of hydrogen-bond acceptors (Lipinski definition) is 6. The lowest BCUT2D eigenvalue weighted by Gasteiger charge is -2.26. The molecule has 0 spiro atoms. The number of carbonyl (C=O) groups excluding carboxylic acids is 1. The van der Waals surface area contributed by atoms with E-state index in [1.54, 1.807) is 36.0 Å². The summed E-state index contributed by atoms with van der Waals surface area (Å²) in [6.07, 6.45) is 3.09. The van der Waals surface area contributed by atoms with Crippen LogP contribution < -0.4 is 19.1 Å². The lowest BCUT2D eigenvalue weighted by atomic mass is 10.1. The van der Waals surface area contributed by atoms with Crippen molar-refractivity contribution in [2.75, 3.05) is 31.0 Å². The number of sulfonamides is 1. The van der Waals surface area contributed by atoms with Crippen molar-refractivity contribution in [1.29, 1.82) is 0 Å². The van der Waals surface area contributed by atoms with Crippen LogP contribution in [0.5, 0.6) is 11.5 Å². The molecule has 192 valence electrons. The van der Waals surface area contributed by atoms with Crippen molar-refractivity contribution in [2.24, 2.45) is 0 Å². The summed E-state index contributed by atoms with van der Waals surface area (Å²) in [6.45, 7) is 1.87. The van der Waals surface area contributed by atoms with Crippen molar-refractivity contribution in [1.82, 2.24) is 5.32 Å². The summed E-state index contributed by atoms with van der Waals surface area (Å²) in [5.74, 6) is 0.162. The highest BCUT2D eigenvalue weighted by atomic mass is 35.5. The molecule has 1 amide bonds. The van der Waals surface area contributed by atoms with Gasteiger partial charge in [-0.05, 0) is 54.6 Å². The van der Waals surface area contributed by atoms with Gasteiger partial charge < -0.3 is 14.8 Å². The van der Waals surface area contributed by atoms with Crippen LogP contribution in [0.3, 0.4) is 0 Å². The van der Waals surface area contributed by atoms with Gasteiger partial charge >= 0.3 is 0 Å². The molecule has 10 heteroatoms. The lowest BCUT2D eigenvalue weighted by molar-refractivity contribution is 0.0940. The van der Waals surface area contributed by atoms with Crippen LogP contribution in [0.1, 0.15) is 34.5 Å². The molecule has 0 radical (unpaired) electrons. The number of anilines is 1. The Labute approximate surface area is 221 Å². The van der Waals surface area contributed by atoms with Crippen LogP contribution in [0, 0.1) is 0 Å². The van der Waals surface area contributed by atoms with E-state index in [0.717, 1.165) is 16.7 Å².